The molecule has 0 fully saturated rings. The van der Waals surface area contributed by atoms with Crippen LogP contribution in [-0.4, -0.2) is 39.1 Å². The average Bonchev–Trinajstić information content (AvgIpc) is 2.63. The van der Waals surface area contributed by atoms with Crippen molar-refractivity contribution in [3.8, 4) is 17.2 Å². The van der Waals surface area contributed by atoms with Crippen LogP contribution in [0.4, 0.5) is 0 Å². The number of carbonyl (C=O) groups excluding carboxylic acids is 1. The summed E-state index contributed by atoms with van der Waals surface area (Å²) in [7, 11) is 0. The Labute approximate surface area is 154 Å². The highest BCUT2D eigenvalue weighted by atomic mass is 16.5. The lowest BCUT2D eigenvalue weighted by Gasteiger charge is -2.12. The Morgan fingerprint density at radius 3 is 2.44 bits per heavy atom. The van der Waals surface area contributed by atoms with E-state index in [1.165, 1.54) is 0 Å². The number of fused-ring (bicyclic) bond motifs is 1. The highest BCUT2D eigenvalue weighted by molar-refractivity contribution is 6.03. The molecule has 0 aliphatic carbocycles. The summed E-state index contributed by atoms with van der Waals surface area (Å²) in [6.07, 6.45) is 0. The minimum atomic E-state index is -1.18. The van der Waals surface area contributed by atoms with Crippen LogP contribution in [0.15, 0.2) is 48.5 Å². The number of hydrogen-bond acceptors (Lipinski definition) is 5. The van der Waals surface area contributed by atoms with Gasteiger partial charge < -0.3 is 25.7 Å². The molecule has 0 aliphatic rings. The van der Waals surface area contributed by atoms with E-state index in [1.54, 1.807) is 25.1 Å². The van der Waals surface area contributed by atoms with Crippen molar-refractivity contribution in [3.63, 3.8) is 0 Å². The molecule has 0 unspecified atom stereocenters. The summed E-state index contributed by atoms with van der Waals surface area (Å²) < 4.78 is 5.77. The zero-order valence-electron chi connectivity index (χ0n) is 14.4. The van der Waals surface area contributed by atoms with E-state index in [-0.39, 0.29) is 16.9 Å². The van der Waals surface area contributed by atoms with Crippen LogP contribution in [0.5, 0.6) is 17.2 Å². The third-order valence-electron chi connectivity index (χ3n) is 3.73. The smallest absolute Gasteiger partial charge is 0.322 e. The molecule has 1 amide bonds. The van der Waals surface area contributed by atoms with Crippen LogP contribution in [0, 0.1) is 6.92 Å². The second-order valence-electron chi connectivity index (χ2n) is 5.59. The standard InChI is InChI=1S/C19H16N2O5.H2O/c1-11-15-9-13(26-12-5-3-2-4-6-12)7-8-14(15)18(24)17(21-11)19(25)20-10-16(22)23;/h2-9,24H,10H2,1H3,(H,20,25)(H,22,23);1H2. The third kappa shape index (κ3) is 4.31. The first-order valence-corrected chi connectivity index (χ1v) is 7.82. The van der Waals surface area contributed by atoms with Crippen molar-refractivity contribution >= 4 is 22.6 Å². The molecule has 0 saturated heterocycles. The first-order valence-electron chi connectivity index (χ1n) is 7.82. The van der Waals surface area contributed by atoms with Crippen LogP contribution < -0.4 is 10.1 Å². The lowest BCUT2D eigenvalue weighted by Crippen LogP contribution is -2.30. The zero-order valence-corrected chi connectivity index (χ0v) is 14.4. The van der Waals surface area contributed by atoms with Gasteiger partial charge in [0.25, 0.3) is 5.91 Å². The number of aryl methyl sites for hydroxylation is 1. The number of aliphatic carboxylic acids is 1. The third-order valence-corrected chi connectivity index (χ3v) is 3.73. The molecule has 0 saturated carbocycles. The highest BCUT2D eigenvalue weighted by Crippen LogP contribution is 2.33. The van der Waals surface area contributed by atoms with Gasteiger partial charge >= 0.3 is 5.97 Å². The number of ether oxygens (including phenoxy) is 1. The second kappa shape index (κ2) is 8.15. The SMILES string of the molecule is Cc1nc(C(=O)NCC(=O)O)c(O)c2ccc(Oc3ccccc3)cc12.O. The summed E-state index contributed by atoms with van der Waals surface area (Å²) in [5.74, 6) is -1.00. The van der Waals surface area contributed by atoms with Crippen molar-refractivity contribution < 1.29 is 30.0 Å². The number of pyridine rings is 1. The molecular weight excluding hydrogens is 352 g/mol. The van der Waals surface area contributed by atoms with Crippen LogP contribution in [-0.2, 0) is 4.79 Å². The summed E-state index contributed by atoms with van der Waals surface area (Å²) in [6, 6.07) is 14.3. The number of nitrogens with one attached hydrogen (secondary N) is 1. The van der Waals surface area contributed by atoms with Gasteiger partial charge in [0.1, 0.15) is 18.0 Å². The molecule has 0 atom stereocenters. The molecule has 1 aromatic heterocycles. The van der Waals surface area contributed by atoms with Gasteiger partial charge in [-0.15, -0.1) is 0 Å². The van der Waals surface area contributed by atoms with Gasteiger partial charge in [0.05, 0.1) is 0 Å². The van der Waals surface area contributed by atoms with Crippen LogP contribution >= 0.6 is 0 Å². The molecule has 0 bridgehead atoms. The number of carboxylic acids is 1. The molecule has 140 valence electrons. The summed E-state index contributed by atoms with van der Waals surface area (Å²) in [5, 5.41) is 22.3. The maximum absolute atomic E-state index is 12.1. The van der Waals surface area contributed by atoms with Gasteiger partial charge in [0, 0.05) is 16.5 Å². The van der Waals surface area contributed by atoms with Crippen LogP contribution in [0.25, 0.3) is 10.8 Å². The fourth-order valence-electron chi connectivity index (χ4n) is 2.52. The van der Waals surface area contributed by atoms with Gasteiger partial charge in [-0.05, 0) is 37.3 Å². The number of aromatic nitrogens is 1. The fourth-order valence-corrected chi connectivity index (χ4v) is 2.52. The molecule has 2 aromatic carbocycles. The van der Waals surface area contributed by atoms with E-state index in [4.69, 9.17) is 9.84 Å². The molecule has 5 N–H and O–H groups in total. The van der Waals surface area contributed by atoms with E-state index in [9.17, 15) is 14.7 Å². The first kappa shape index (κ1) is 19.7. The van der Waals surface area contributed by atoms with E-state index < -0.39 is 18.4 Å². The number of carbonyl (C=O) groups is 2. The van der Waals surface area contributed by atoms with Crippen LogP contribution in [0.2, 0.25) is 0 Å². The summed E-state index contributed by atoms with van der Waals surface area (Å²) in [6.45, 7) is 1.14. The molecular formula is C19H18N2O6. The fraction of sp³-hybridized carbons (Fsp3) is 0.105. The lowest BCUT2D eigenvalue weighted by atomic mass is 10.1. The number of aromatic hydroxyl groups is 1. The molecule has 3 aromatic rings. The molecule has 0 aliphatic heterocycles. The Morgan fingerprint density at radius 1 is 1.07 bits per heavy atom. The van der Waals surface area contributed by atoms with Gasteiger partial charge in [-0.1, -0.05) is 18.2 Å². The molecule has 0 radical (unpaired) electrons. The summed E-state index contributed by atoms with van der Waals surface area (Å²) >= 11 is 0. The number of para-hydroxylation sites is 1. The van der Waals surface area contributed by atoms with Gasteiger partial charge in [-0.3, -0.25) is 9.59 Å². The molecule has 8 nitrogen and oxygen atoms in total. The normalized spacial score (nSPS) is 10.1. The Balaban J connectivity index is 0.00000261. The van der Waals surface area contributed by atoms with E-state index in [0.717, 1.165) is 0 Å². The number of carboxylic acid groups (broad SMARTS) is 1. The summed E-state index contributed by atoms with van der Waals surface area (Å²) in [4.78, 5) is 26.7. The maximum Gasteiger partial charge on any atom is 0.322 e. The predicted molar refractivity (Wildman–Crippen MR) is 98.2 cm³/mol. The largest absolute Gasteiger partial charge is 0.505 e. The van der Waals surface area contributed by atoms with Crippen molar-refractivity contribution in [1.29, 1.82) is 0 Å². The predicted octanol–water partition coefficient (Wildman–Crippen LogP) is 2.03. The Morgan fingerprint density at radius 2 is 1.78 bits per heavy atom. The molecule has 1 heterocycles. The van der Waals surface area contributed by atoms with Gasteiger partial charge in [-0.2, -0.15) is 0 Å². The van der Waals surface area contributed by atoms with Gasteiger partial charge in [-0.25, -0.2) is 4.98 Å². The molecule has 8 heteroatoms. The molecule has 27 heavy (non-hydrogen) atoms. The quantitative estimate of drug-likeness (QED) is 0.628. The van der Waals surface area contributed by atoms with Crippen molar-refractivity contribution in [3.05, 3.63) is 59.9 Å². The van der Waals surface area contributed by atoms with Crippen molar-refractivity contribution in [2.45, 2.75) is 6.92 Å². The monoisotopic (exact) mass is 370 g/mol. The zero-order chi connectivity index (χ0) is 18.7. The topological polar surface area (TPSA) is 140 Å². The van der Waals surface area contributed by atoms with E-state index in [1.807, 2.05) is 30.3 Å². The van der Waals surface area contributed by atoms with Gasteiger partial charge in [0.15, 0.2) is 11.4 Å². The van der Waals surface area contributed by atoms with E-state index in [0.29, 0.717) is 28.0 Å². The minimum Gasteiger partial charge on any atom is -0.505 e. The van der Waals surface area contributed by atoms with Crippen molar-refractivity contribution in [2.24, 2.45) is 0 Å². The number of amides is 1. The van der Waals surface area contributed by atoms with Crippen LogP contribution in [0.3, 0.4) is 0 Å². The lowest BCUT2D eigenvalue weighted by molar-refractivity contribution is -0.135. The maximum atomic E-state index is 12.1. The van der Waals surface area contributed by atoms with Crippen molar-refractivity contribution in [1.82, 2.24) is 10.3 Å². The van der Waals surface area contributed by atoms with E-state index in [2.05, 4.69) is 10.3 Å². The van der Waals surface area contributed by atoms with Crippen molar-refractivity contribution in [2.75, 3.05) is 6.54 Å². The number of nitrogens with zero attached hydrogens (tertiary/aromatic N) is 1. The Bertz CT molecular complexity index is 988. The number of hydrogen-bond donors (Lipinski definition) is 3. The molecule has 0 spiro atoms. The first-order chi connectivity index (χ1) is 12.5. The Hall–Kier alpha value is -3.65. The molecule has 3 rings (SSSR count). The Kier molecular flexibility index (Phi) is 5.94. The second-order valence-corrected chi connectivity index (χ2v) is 5.59. The van der Waals surface area contributed by atoms with Gasteiger partial charge in [0.2, 0.25) is 0 Å². The minimum absolute atomic E-state index is 0. The highest BCUT2D eigenvalue weighted by Gasteiger charge is 2.18. The number of rotatable bonds is 5. The summed E-state index contributed by atoms with van der Waals surface area (Å²) in [5.41, 5.74) is 0.296. The van der Waals surface area contributed by atoms with E-state index >= 15 is 0 Å². The van der Waals surface area contributed by atoms with Crippen LogP contribution in [0.1, 0.15) is 16.2 Å². The average molecular weight is 370 g/mol. The number of benzene rings is 2.